The van der Waals surface area contributed by atoms with E-state index in [-0.39, 0.29) is 5.91 Å². The van der Waals surface area contributed by atoms with Crippen LogP contribution in [0.4, 0.5) is 0 Å². The monoisotopic (exact) mass is 216 g/mol. The molecule has 0 bridgehead atoms. The number of nitrogens with zero attached hydrogens (tertiary/aromatic N) is 2. The summed E-state index contributed by atoms with van der Waals surface area (Å²) in [4.78, 5) is 11.2. The van der Waals surface area contributed by atoms with Crippen LogP contribution in [0.25, 0.3) is 0 Å². The van der Waals surface area contributed by atoms with Gasteiger partial charge in [0, 0.05) is 0 Å². The molecule has 0 radical (unpaired) electrons. The number of hydrazine groups is 1. The van der Waals surface area contributed by atoms with Gasteiger partial charge in [0.1, 0.15) is 6.04 Å². The summed E-state index contributed by atoms with van der Waals surface area (Å²) in [5.74, 6) is 4.73. The third-order valence-electron chi connectivity index (χ3n) is 2.13. The highest BCUT2D eigenvalue weighted by molar-refractivity contribution is 6.31. The van der Waals surface area contributed by atoms with E-state index in [1.165, 1.54) is 0 Å². The number of amides is 1. The van der Waals surface area contributed by atoms with Gasteiger partial charge in [0.2, 0.25) is 0 Å². The predicted octanol–water partition coefficient (Wildman–Crippen LogP) is 0.704. The summed E-state index contributed by atoms with van der Waals surface area (Å²) < 4.78 is 1.56. The molecule has 1 aromatic heterocycles. The molecular formula is C8H13ClN4O. The van der Waals surface area contributed by atoms with Crippen LogP contribution in [-0.4, -0.2) is 15.7 Å². The Bertz CT molecular complexity index is 360. The number of hydrogen-bond acceptors (Lipinski definition) is 3. The maximum Gasteiger partial charge on any atom is 0.258 e. The second-order valence-corrected chi connectivity index (χ2v) is 3.49. The van der Waals surface area contributed by atoms with Crippen LogP contribution in [0.2, 0.25) is 5.02 Å². The number of halogens is 1. The average molecular weight is 217 g/mol. The first kappa shape index (κ1) is 11.0. The molecule has 0 aliphatic rings. The highest BCUT2D eigenvalue weighted by Crippen LogP contribution is 2.21. The van der Waals surface area contributed by atoms with Gasteiger partial charge in [-0.05, 0) is 20.8 Å². The molecule has 78 valence electrons. The van der Waals surface area contributed by atoms with E-state index in [1.54, 1.807) is 18.5 Å². The molecule has 5 nitrogen and oxygen atoms in total. The zero-order valence-electron chi connectivity index (χ0n) is 8.34. The Balaban J connectivity index is 3.07. The Hall–Kier alpha value is -1.07. The van der Waals surface area contributed by atoms with Crippen molar-refractivity contribution in [2.45, 2.75) is 26.8 Å². The second-order valence-electron chi connectivity index (χ2n) is 3.11. The molecule has 1 heterocycles. The van der Waals surface area contributed by atoms with Crippen molar-refractivity contribution in [1.82, 2.24) is 15.2 Å². The van der Waals surface area contributed by atoms with Crippen LogP contribution in [0, 0.1) is 13.8 Å². The lowest BCUT2D eigenvalue weighted by Gasteiger charge is -2.11. The molecular weight excluding hydrogens is 204 g/mol. The summed E-state index contributed by atoms with van der Waals surface area (Å²) in [6.45, 7) is 5.31. The first-order valence-electron chi connectivity index (χ1n) is 4.20. The van der Waals surface area contributed by atoms with Gasteiger partial charge >= 0.3 is 0 Å². The molecule has 1 aromatic rings. The molecule has 1 amide bonds. The lowest BCUT2D eigenvalue weighted by atomic mass is 10.3. The van der Waals surface area contributed by atoms with E-state index in [2.05, 4.69) is 10.5 Å². The fourth-order valence-electron chi connectivity index (χ4n) is 1.25. The van der Waals surface area contributed by atoms with Crippen LogP contribution >= 0.6 is 11.6 Å². The molecule has 6 heteroatoms. The van der Waals surface area contributed by atoms with Crippen LogP contribution < -0.4 is 11.3 Å². The Kier molecular flexibility index (Phi) is 3.13. The summed E-state index contributed by atoms with van der Waals surface area (Å²) in [5, 5.41) is 4.73. The lowest BCUT2D eigenvalue weighted by Crippen LogP contribution is -2.36. The van der Waals surface area contributed by atoms with Crippen LogP contribution in [0.15, 0.2) is 0 Å². The van der Waals surface area contributed by atoms with E-state index in [4.69, 9.17) is 17.4 Å². The van der Waals surface area contributed by atoms with Crippen LogP contribution in [-0.2, 0) is 4.79 Å². The van der Waals surface area contributed by atoms with Crippen molar-refractivity contribution in [3.8, 4) is 0 Å². The number of aromatic nitrogens is 2. The van der Waals surface area contributed by atoms with Gasteiger partial charge in [-0.25, -0.2) is 5.84 Å². The highest BCUT2D eigenvalue weighted by Gasteiger charge is 2.19. The molecule has 1 unspecified atom stereocenters. The minimum absolute atomic E-state index is 0.299. The number of nitrogens with one attached hydrogen (secondary N) is 1. The number of aryl methyl sites for hydroxylation is 1. The standard InChI is InChI=1S/C8H13ClN4O/c1-4-7(9)5(2)13(12-4)6(3)8(14)11-10/h6H,10H2,1-3H3,(H,11,14). The molecule has 0 spiro atoms. The summed E-state index contributed by atoms with van der Waals surface area (Å²) in [5.41, 5.74) is 3.55. The number of carbonyl (C=O) groups is 1. The summed E-state index contributed by atoms with van der Waals surface area (Å²) >= 11 is 5.94. The van der Waals surface area contributed by atoms with Crippen LogP contribution in [0.3, 0.4) is 0 Å². The van der Waals surface area contributed by atoms with Gasteiger partial charge in [0.05, 0.1) is 16.4 Å². The van der Waals surface area contributed by atoms with Crippen molar-refractivity contribution in [1.29, 1.82) is 0 Å². The highest BCUT2D eigenvalue weighted by atomic mass is 35.5. The molecule has 3 N–H and O–H groups in total. The van der Waals surface area contributed by atoms with Gasteiger partial charge in [-0.3, -0.25) is 14.9 Å². The van der Waals surface area contributed by atoms with E-state index in [0.29, 0.717) is 10.7 Å². The maximum absolute atomic E-state index is 11.2. The molecule has 0 saturated carbocycles. The van der Waals surface area contributed by atoms with Gasteiger partial charge in [-0.1, -0.05) is 11.6 Å². The summed E-state index contributed by atoms with van der Waals surface area (Å²) in [6.07, 6.45) is 0. The van der Waals surface area contributed by atoms with E-state index in [1.807, 2.05) is 6.92 Å². The zero-order chi connectivity index (χ0) is 10.9. The average Bonchev–Trinajstić information content (AvgIpc) is 2.43. The second kappa shape index (κ2) is 3.98. The predicted molar refractivity (Wildman–Crippen MR) is 53.8 cm³/mol. The van der Waals surface area contributed by atoms with Gasteiger partial charge in [-0.2, -0.15) is 5.10 Å². The van der Waals surface area contributed by atoms with E-state index >= 15 is 0 Å². The molecule has 14 heavy (non-hydrogen) atoms. The van der Waals surface area contributed by atoms with Crippen molar-refractivity contribution >= 4 is 17.5 Å². The normalized spacial score (nSPS) is 12.6. The molecule has 1 rings (SSSR count). The third-order valence-corrected chi connectivity index (χ3v) is 2.67. The minimum Gasteiger partial charge on any atom is -0.292 e. The molecule has 0 aliphatic carbocycles. The van der Waals surface area contributed by atoms with Crippen molar-refractivity contribution in [3.63, 3.8) is 0 Å². The van der Waals surface area contributed by atoms with Crippen LogP contribution in [0.1, 0.15) is 24.4 Å². The Morgan fingerprint density at radius 1 is 1.64 bits per heavy atom. The van der Waals surface area contributed by atoms with Gasteiger partial charge in [-0.15, -0.1) is 0 Å². The van der Waals surface area contributed by atoms with Crippen molar-refractivity contribution in [2.24, 2.45) is 5.84 Å². The molecule has 0 saturated heterocycles. The van der Waals surface area contributed by atoms with Gasteiger partial charge in [0.15, 0.2) is 0 Å². The molecule has 1 atom stereocenters. The van der Waals surface area contributed by atoms with E-state index in [9.17, 15) is 4.79 Å². The summed E-state index contributed by atoms with van der Waals surface area (Å²) in [7, 11) is 0. The largest absolute Gasteiger partial charge is 0.292 e. The Labute approximate surface area is 87.2 Å². The van der Waals surface area contributed by atoms with E-state index in [0.717, 1.165) is 5.69 Å². The smallest absolute Gasteiger partial charge is 0.258 e. The molecule has 0 aromatic carbocycles. The van der Waals surface area contributed by atoms with E-state index < -0.39 is 6.04 Å². The molecule has 0 aliphatic heterocycles. The fourth-order valence-corrected chi connectivity index (χ4v) is 1.38. The van der Waals surface area contributed by atoms with Crippen molar-refractivity contribution in [2.75, 3.05) is 0 Å². The lowest BCUT2D eigenvalue weighted by molar-refractivity contribution is -0.124. The van der Waals surface area contributed by atoms with Crippen molar-refractivity contribution < 1.29 is 4.79 Å². The Morgan fingerprint density at radius 3 is 2.57 bits per heavy atom. The topological polar surface area (TPSA) is 72.9 Å². The summed E-state index contributed by atoms with van der Waals surface area (Å²) in [6, 6.07) is -0.453. The van der Waals surface area contributed by atoms with Gasteiger partial charge < -0.3 is 0 Å². The number of nitrogens with two attached hydrogens (primary N) is 1. The molecule has 0 fully saturated rings. The third kappa shape index (κ3) is 1.73. The quantitative estimate of drug-likeness (QED) is 0.434. The number of rotatable bonds is 2. The van der Waals surface area contributed by atoms with Crippen LogP contribution in [0.5, 0.6) is 0 Å². The first-order valence-corrected chi connectivity index (χ1v) is 4.58. The Morgan fingerprint density at radius 2 is 2.21 bits per heavy atom. The first-order chi connectivity index (χ1) is 6.49. The maximum atomic E-state index is 11.2. The zero-order valence-corrected chi connectivity index (χ0v) is 9.09. The van der Waals surface area contributed by atoms with Crippen molar-refractivity contribution in [3.05, 3.63) is 16.4 Å². The SMILES string of the molecule is Cc1nn(C(C)C(=O)NN)c(C)c1Cl. The fraction of sp³-hybridized carbons (Fsp3) is 0.500. The van der Waals surface area contributed by atoms with Gasteiger partial charge in [0.25, 0.3) is 5.91 Å². The minimum atomic E-state index is -0.453. The number of carbonyl (C=O) groups excluding carboxylic acids is 1. The number of hydrogen-bond donors (Lipinski definition) is 2.